The Labute approximate surface area is 115 Å². The van der Waals surface area contributed by atoms with Crippen LogP contribution in [-0.2, 0) is 15.9 Å². The Kier molecular flexibility index (Phi) is 3.77. The second-order valence-electron chi connectivity index (χ2n) is 6.15. The molecule has 1 saturated heterocycles. The third-order valence-electron chi connectivity index (χ3n) is 4.05. The van der Waals surface area contributed by atoms with Gasteiger partial charge in [0.2, 0.25) is 0 Å². The fourth-order valence-corrected chi connectivity index (χ4v) is 1.93. The molecule has 5 nitrogen and oxygen atoms in total. The molecule has 1 aromatic rings. The maximum absolute atomic E-state index is 9.63. The van der Waals surface area contributed by atoms with Crippen LogP contribution in [0.1, 0.15) is 41.0 Å². The molecule has 1 aliphatic rings. The highest BCUT2D eigenvalue weighted by atomic mass is 16.7. The van der Waals surface area contributed by atoms with Crippen LogP contribution < -0.4 is 5.46 Å². The first-order chi connectivity index (χ1) is 8.75. The second kappa shape index (κ2) is 4.92. The zero-order valence-electron chi connectivity index (χ0n) is 12.4. The summed E-state index contributed by atoms with van der Waals surface area (Å²) in [5.74, 6) is 0. The highest BCUT2D eigenvalue weighted by Crippen LogP contribution is 2.36. The lowest BCUT2D eigenvalue weighted by atomic mass is 9.82. The van der Waals surface area contributed by atoms with Gasteiger partial charge in [-0.25, -0.2) is 0 Å². The van der Waals surface area contributed by atoms with Gasteiger partial charge in [0.15, 0.2) is 0 Å². The molecule has 0 aromatic carbocycles. The highest BCUT2D eigenvalue weighted by Gasteiger charge is 2.52. The summed E-state index contributed by atoms with van der Waals surface area (Å²) < 4.78 is 13.6. The Morgan fingerprint density at radius 3 is 2.42 bits per heavy atom. The van der Waals surface area contributed by atoms with Gasteiger partial charge in [0.05, 0.1) is 23.9 Å². The van der Waals surface area contributed by atoms with Crippen LogP contribution in [0, 0.1) is 0 Å². The van der Waals surface area contributed by atoms with Crippen LogP contribution in [0.25, 0.3) is 0 Å². The van der Waals surface area contributed by atoms with Crippen LogP contribution >= 0.6 is 0 Å². The van der Waals surface area contributed by atoms with E-state index >= 15 is 0 Å². The van der Waals surface area contributed by atoms with Gasteiger partial charge in [0.1, 0.15) is 0 Å². The van der Waals surface area contributed by atoms with E-state index in [2.05, 4.69) is 5.10 Å². The fraction of sp³-hybridized carbons (Fsp3) is 0.769. The molecule has 1 atom stereocenters. The number of hydrogen-bond acceptors (Lipinski definition) is 4. The smallest absolute Gasteiger partial charge is 0.399 e. The molecule has 0 aliphatic carbocycles. The lowest BCUT2D eigenvalue weighted by molar-refractivity contribution is 0.00578. The van der Waals surface area contributed by atoms with Crippen molar-refractivity contribution in [3.8, 4) is 0 Å². The second-order valence-corrected chi connectivity index (χ2v) is 6.15. The summed E-state index contributed by atoms with van der Waals surface area (Å²) in [5, 5.41) is 13.9. The van der Waals surface area contributed by atoms with Gasteiger partial charge in [0.25, 0.3) is 0 Å². The van der Waals surface area contributed by atoms with E-state index in [1.54, 1.807) is 10.9 Å². The molecule has 0 radical (unpaired) electrons. The third kappa shape index (κ3) is 2.85. The summed E-state index contributed by atoms with van der Waals surface area (Å²) >= 11 is 0. The van der Waals surface area contributed by atoms with Gasteiger partial charge in [-0.1, -0.05) is 6.92 Å². The molecule has 1 aliphatic heterocycles. The lowest BCUT2D eigenvalue weighted by Gasteiger charge is -2.32. The molecule has 1 unspecified atom stereocenters. The van der Waals surface area contributed by atoms with Crippen LogP contribution in [0.2, 0.25) is 0 Å². The maximum Gasteiger partial charge on any atom is 0.498 e. The molecule has 1 N–H and O–H groups in total. The first-order valence-corrected chi connectivity index (χ1v) is 6.81. The highest BCUT2D eigenvalue weighted by molar-refractivity contribution is 6.61. The molecule has 0 bridgehead atoms. The van der Waals surface area contributed by atoms with E-state index in [9.17, 15) is 5.11 Å². The first kappa shape index (κ1) is 14.6. The Hall–Kier alpha value is -0.845. The Bertz CT molecular complexity index is 429. The monoisotopic (exact) mass is 266 g/mol. The van der Waals surface area contributed by atoms with Crippen molar-refractivity contribution in [1.29, 1.82) is 0 Å². The van der Waals surface area contributed by atoms with Gasteiger partial charge < -0.3 is 14.4 Å². The van der Waals surface area contributed by atoms with Gasteiger partial charge in [-0.15, -0.1) is 0 Å². The number of nitrogens with zero attached hydrogens (tertiary/aromatic N) is 2. The van der Waals surface area contributed by atoms with Crippen molar-refractivity contribution in [2.45, 2.75) is 64.9 Å². The molecule has 2 heterocycles. The van der Waals surface area contributed by atoms with E-state index in [0.717, 1.165) is 5.46 Å². The number of rotatable bonds is 4. The Morgan fingerprint density at radius 1 is 1.32 bits per heavy atom. The van der Waals surface area contributed by atoms with E-state index in [0.29, 0.717) is 13.0 Å². The molecule has 0 spiro atoms. The summed E-state index contributed by atoms with van der Waals surface area (Å²) in [7, 11) is -0.391. The molecular weight excluding hydrogens is 243 g/mol. The fourth-order valence-electron chi connectivity index (χ4n) is 1.93. The minimum absolute atomic E-state index is 0.345. The number of hydrogen-bond donors (Lipinski definition) is 1. The predicted molar refractivity (Wildman–Crippen MR) is 74.2 cm³/mol. The number of aliphatic hydroxyl groups is 1. The molecule has 19 heavy (non-hydrogen) atoms. The molecule has 6 heteroatoms. The van der Waals surface area contributed by atoms with Crippen molar-refractivity contribution in [3.63, 3.8) is 0 Å². The van der Waals surface area contributed by atoms with E-state index in [4.69, 9.17) is 9.31 Å². The number of aliphatic hydroxyl groups excluding tert-OH is 1. The summed E-state index contributed by atoms with van der Waals surface area (Å²) in [6.45, 7) is 10.5. The third-order valence-corrected chi connectivity index (χ3v) is 4.05. The van der Waals surface area contributed by atoms with E-state index in [1.165, 1.54) is 0 Å². The largest absolute Gasteiger partial charge is 0.498 e. The predicted octanol–water partition coefficient (Wildman–Crippen LogP) is 0.953. The van der Waals surface area contributed by atoms with Crippen LogP contribution in [0.5, 0.6) is 0 Å². The quantitative estimate of drug-likeness (QED) is 0.824. The van der Waals surface area contributed by atoms with Gasteiger partial charge in [0, 0.05) is 17.9 Å². The maximum atomic E-state index is 9.63. The standard InChI is InChI=1S/C13H23BN2O3/c1-6-11(17)9-16-8-10(7-15-16)14-18-12(2,3)13(4,5)19-14/h7-8,11,17H,6,9H2,1-5H3. The minimum atomic E-state index is -0.391. The zero-order chi connectivity index (χ0) is 14.3. The van der Waals surface area contributed by atoms with Crippen molar-refractivity contribution in [2.24, 2.45) is 0 Å². The summed E-state index contributed by atoms with van der Waals surface area (Å²) in [5.41, 5.74) is 0.202. The summed E-state index contributed by atoms with van der Waals surface area (Å²) in [6, 6.07) is 0. The van der Waals surface area contributed by atoms with Gasteiger partial charge in [-0.05, 0) is 34.1 Å². The van der Waals surface area contributed by atoms with E-state index in [1.807, 2.05) is 40.8 Å². The van der Waals surface area contributed by atoms with Gasteiger partial charge >= 0.3 is 7.12 Å². The van der Waals surface area contributed by atoms with Crippen LogP contribution in [-0.4, -0.2) is 39.3 Å². The molecule has 1 fully saturated rings. The molecule has 106 valence electrons. The summed E-state index contributed by atoms with van der Waals surface area (Å²) in [4.78, 5) is 0. The van der Waals surface area contributed by atoms with E-state index in [-0.39, 0.29) is 17.3 Å². The van der Waals surface area contributed by atoms with Crippen LogP contribution in [0.3, 0.4) is 0 Å². The SMILES string of the molecule is CCC(O)Cn1cc(B2OC(C)(C)C(C)(C)O2)cn1. The van der Waals surface area contributed by atoms with E-state index < -0.39 is 7.12 Å². The average Bonchev–Trinajstić information content (AvgIpc) is 2.82. The molecule has 0 amide bonds. The molecule has 2 rings (SSSR count). The Balaban J connectivity index is 2.08. The number of aromatic nitrogens is 2. The van der Waals surface area contributed by atoms with Crippen molar-refractivity contribution < 1.29 is 14.4 Å². The summed E-state index contributed by atoms with van der Waals surface area (Å²) in [6.07, 6.45) is 3.96. The first-order valence-electron chi connectivity index (χ1n) is 6.81. The van der Waals surface area contributed by atoms with Gasteiger partial charge in [-0.3, -0.25) is 4.68 Å². The van der Waals surface area contributed by atoms with Crippen molar-refractivity contribution in [1.82, 2.24) is 9.78 Å². The minimum Gasteiger partial charge on any atom is -0.399 e. The zero-order valence-corrected chi connectivity index (χ0v) is 12.4. The van der Waals surface area contributed by atoms with Crippen molar-refractivity contribution in [3.05, 3.63) is 12.4 Å². The van der Waals surface area contributed by atoms with Crippen molar-refractivity contribution in [2.75, 3.05) is 0 Å². The molecular formula is C13H23BN2O3. The lowest BCUT2D eigenvalue weighted by Crippen LogP contribution is -2.41. The van der Waals surface area contributed by atoms with Crippen LogP contribution in [0.4, 0.5) is 0 Å². The molecule has 0 saturated carbocycles. The topological polar surface area (TPSA) is 56.5 Å². The van der Waals surface area contributed by atoms with Crippen molar-refractivity contribution >= 4 is 12.6 Å². The average molecular weight is 266 g/mol. The van der Waals surface area contributed by atoms with Crippen LogP contribution in [0.15, 0.2) is 12.4 Å². The molecule has 1 aromatic heterocycles. The normalized spacial score (nSPS) is 22.7. The van der Waals surface area contributed by atoms with Gasteiger partial charge in [-0.2, -0.15) is 5.10 Å². The Morgan fingerprint density at radius 2 is 1.89 bits per heavy atom.